The number of halogens is 1. The van der Waals surface area contributed by atoms with Gasteiger partial charge in [-0.2, -0.15) is 0 Å². The van der Waals surface area contributed by atoms with Gasteiger partial charge in [-0.3, -0.25) is 4.79 Å². The molecule has 0 spiro atoms. The summed E-state index contributed by atoms with van der Waals surface area (Å²) in [5.74, 6) is 0.894. The molecule has 2 aromatic rings. The van der Waals surface area contributed by atoms with Gasteiger partial charge in [-0.1, -0.05) is 12.1 Å². The number of anilines is 1. The van der Waals surface area contributed by atoms with Crippen molar-refractivity contribution in [1.82, 2.24) is 0 Å². The average molecular weight is 336 g/mol. The fourth-order valence-electron chi connectivity index (χ4n) is 1.88. The molecule has 2 rings (SSSR count). The van der Waals surface area contributed by atoms with Crippen molar-refractivity contribution in [2.75, 3.05) is 20.0 Å². The third-order valence-corrected chi connectivity index (χ3v) is 3.48. The molecule has 5 heteroatoms. The van der Waals surface area contributed by atoms with Crippen molar-refractivity contribution >= 4 is 27.4 Å². The second kappa shape index (κ2) is 5.96. The predicted molar refractivity (Wildman–Crippen MR) is 81.5 cm³/mol. The highest BCUT2D eigenvalue weighted by Gasteiger charge is 2.19. The molecule has 0 amide bonds. The van der Waals surface area contributed by atoms with Crippen LogP contribution in [0.2, 0.25) is 0 Å². The monoisotopic (exact) mass is 335 g/mol. The second-order valence-electron chi connectivity index (χ2n) is 4.14. The number of rotatable bonds is 4. The van der Waals surface area contributed by atoms with Crippen LogP contribution in [0.15, 0.2) is 40.9 Å². The van der Waals surface area contributed by atoms with Crippen LogP contribution in [0, 0.1) is 0 Å². The van der Waals surface area contributed by atoms with Crippen LogP contribution in [0.3, 0.4) is 0 Å². The molecule has 0 heterocycles. The zero-order chi connectivity index (χ0) is 14.7. The first-order valence-corrected chi connectivity index (χ1v) is 6.68. The molecule has 0 unspecified atom stereocenters. The van der Waals surface area contributed by atoms with Crippen LogP contribution in [-0.2, 0) is 0 Å². The Balaban J connectivity index is 2.54. The first-order chi connectivity index (χ1) is 9.56. The minimum absolute atomic E-state index is 0.163. The Morgan fingerprint density at radius 1 is 1.15 bits per heavy atom. The van der Waals surface area contributed by atoms with Gasteiger partial charge in [0.15, 0.2) is 5.78 Å². The number of carbonyl (C=O) groups excluding carboxylic acids is 1. The van der Waals surface area contributed by atoms with Gasteiger partial charge >= 0.3 is 0 Å². The van der Waals surface area contributed by atoms with Crippen molar-refractivity contribution in [2.24, 2.45) is 0 Å². The van der Waals surface area contributed by atoms with Gasteiger partial charge in [-0.25, -0.2) is 0 Å². The number of carbonyl (C=O) groups is 1. The summed E-state index contributed by atoms with van der Waals surface area (Å²) in [6, 6.07) is 10.2. The van der Waals surface area contributed by atoms with Crippen LogP contribution in [0.1, 0.15) is 15.9 Å². The van der Waals surface area contributed by atoms with Crippen molar-refractivity contribution in [2.45, 2.75) is 0 Å². The molecule has 2 N–H and O–H groups in total. The third-order valence-electron chi connectivity index (χ3n) is 2.86. The molecule has 0 saturated carbocycles. The summed E-state index contributed by atoms with van der Waals surface area (Å²) in [4.78, 5) is 12.6. The highest BCUT2D eigenvalue weighted by atomic mass is 79.9. The second-order valence-corrected chi connectivity index (χ2v) is 5.00. The number of nitrogens with two attached hydrogens (primary N) is 1. The number of ether oxygens (including phenoxy) is 2. The van der Waals surface area contributed by atoms with Crippen molar-refractivity contribution < 1.29 is 14.3 Å². The number of ketones is 1. The molecule has 104 valence electrons. The summed E-state index contributed by atoms with van der Waals surface area (Å²) in [6.07, 6.45) is 0. The number of nitrogen functional groups attached to an aromatic ring is 1. The van der Waals surface area contributed by atoms with E-state index in [1.807, 2.05) is 0 Å². The topological polar surface area (TPSA) is 61.5 Å². The summed E-state index contributed by atoms with van der Waals surface area (Å²) >= 11 is 3.38. The van der Waals surface area contributed by atoms with Crippen LogP contribution in [0.4, 0.5) is 5.69 Å². The molecule has 0 aromatic heterocycles. The van der Waals surface area contributed by atoms with E-state index in [2.05, 4.69) is 15.9 Å². The molecule has 0 aliphatic carbocycles. The zero-order valence-electron chi connectivity index (χ0n) is 11.1. The van der Waals surface area contributed by atoms with E-state index in [-0.39, 0.29) is 5.78 Å². The van der Waals surface area contributed by atoms with E-state index in [1.165, 1.54) is 7.11 Å². The average Bonchev–Trinajstić information content (AvgIpc) is 2.45. The van der Waals surface area contributed by atoms with Crippen molar-refractivity contribution in [3.8, 4) is 11.5 Å². The molecule has 0 bridgehead atoms. The lowest BCUT2D eigenvalue weighted by atomic mass is 10.0. The van der Waals surface area contributed by atoms with Gasteiger partial charge in [0.2, 0.25) is 0 Å². The summed E-state index contributed by atoms with van der Waals surface area (Å²) in [5.41, 5.74) is 7.21. The van der Waals surface area contributed by atoms with Crippen molar-refractivity contribution in [1.29, 1.82) is 0 Å². The third kappa shape index (κ3) is 2.77. The normalized spacial score (nSPS) is 10.2. The Kier molecular flexibility index (Phi) is 4.29. The number of hydrogen-bond acceptors (Lipinski definition) is 4. The number of hydrogen-bond donors (Lipinski definition) is 1. The van der Waals surface area contributed by atoms with E-state index >= 15 is 0 Å². The molecule has 0 aliphatic rings. The Morgan fingerprint density at radius 2 is 1.90 bits per heavy atom. The smallest absolute Gasteiger partial charge is 0.197 e. The standard InChI is InChI=1S/C15H14BrNO3/c1-19-11-7-12(16)14(13(8-11)20-2)15(18)9-4-3-5-10(17)6-9/h3-8H,17H2,1-2H3. The lowest BCUT2D eigenvalue weighted by molar-refractivity contribution is 0.103. The maximum Gasteiger partial charge on any atom is 0.197 e. The molecule has 0 aliphatic heterocycles. The predicted octanol–water partition coefficient (Wildman–Crippen LogP) is 3.28. The lowest BCUT2D eigenvalue weighted by Gasteiger charge is -2.12. The highest BCUT2D eigenvalue weighted by Crippen LogP contribution is 2.34. The summed E-state index contributed by atoms with van der Waals surface area (Å²) in [5, 5.41) is 0. The van der Waals surface area contributed by atoms with Gasteiger partial charge < -0.3 is 15.2 Å². The largest absolute Gasteiger partial charge is 0.497 e. The molecule has 4 nitrogen and oxygen atoms in total. The van der Waals surface area contributed by atoms with Crippen molar-refractivity contribution in [3.63, 3.8) is 0 Å². The molecule has 0 radical (unpaired) electrons. The maximum atomic E-state index is 12.6. The van der Waals surface area contributed by atoms with E-state index in [4.69, 9.17) is 15.2 Å². The Bertz CT molecular complexity index is 656. The summed E-state index contributed by atoms with van der Waals surface area (Å²) < 4.78 is 11.0. The molecule has 0 fully saturated rings. The minimum Gasteiger partial charge on any atom is -0.497 e. The zero-order valence-corrected chi connectivity index (χ0v) is 12.7. The van der Waals surface area contributed by atoms with Gasteiger partial charge in [0, 0.05) is 21.8 Å². The highest BCUT2D eigenvalue weighted by molar-refractivity contribution is 9.10. The van der Waals surface area contributed by atoms with Crippen LogP contribution >= 0.6 is 15.9 Å². The first kappa shape index (κ1) is 14.4. The van der Waals surface area contributed by atoms with E-state index < -0.39 is 0 Å². The van der Waals surface area contributed by atoms with Crippen molar-refractivity contribution in [3.05, 3.63) is 52.0 Å². The maximum absolute atomic E-state index is 12.6. The first-order valence-electron chi connectivity index (χ1n) is 5.88. The molecule has 2 aromatic carbocycles. The van der Waals surface area contributed by atoms with Crippen LogP contribution in [0.25, 0.3) is 0 Å². The van der Waals surface area contributed by atoms with Gasteiger partial charge in [0.25, 0.3) is 0 Å². The molecule has 0 atom stereocenters. The van der Waals surface area contributed by atoms with Crippen LogP contribution < -0.4 is 15.2 Å². The Morgan fingerprint density at radius 3 is 2.50 bits per heavy atom. The Hall–Kier alpha value is -2.01. The van der Waals surface area contributed by atoms with E-state index in [0.29, 0.717) is 32.8 Å². The lowest BCUT2D eigenvalue weighted by Crippen LogP contribution is -2.06. The Labute approximate surface area is 125 Å². The number of benzene rings is 2. The van der Waals surface area contributed by atoms with Gasteiger partial charge in [-0.05, 0) is 34.1 Å². The molecule has 0 saturated heterocycles. The van der Waals surface area contributed by atoms with E-state index in [0.717, 1.165) is 0 Å². The fraction of sp³-hybridized carbons (Fsp3) is 0.133. The van der Waals surface area contributed by atoms with E-state index in [9.17, 15) is 4.79 Å². The molecular weight excluding hydrogens is 322 g/mol. The van der Waals surface area contributed by atoms with Gasteiger partial charge in [0.1, 0.15) is 11.5 Å². The molecular formula is C15H14BrNO3. The quantitative estimate of drug-likeness (QED) is 0.688. The van der Waals surface area contributed by atoms with Gasteiger partial charge in [-0.15, -0.1) is 0 Å². The van der Waals surface area contributed by atoms with Crippen LogP contribution in [0.5, 0.6) is 11.5 Å². The van der Waals surface area contributed by atoms with Gasteiger partial charge in [0.05, 0.1) is 19.8 Å². The SMILES string of the molecule is COc1cc(Br)c(C(=O)c2cccc(N)c2)c(OC)c1. The summed E-state index contributed by atoms with van der Waals surface area (Å²) in [7, 11) is 3.07. The summed E-state index contributed by atoms with van der Waals surface area (Å²) in [6.45, 7) is 0. The fourth-order valence-corrected chi connectivity index (χ4v) is 2.48. The number of methoxy groups -OCH3 is 2. The minimum atomic E-state index is -0.163. The van der Waals surface area contributed by atoms with E-state index in [1.54, 1.807) is 43.5 Å². The molecule has 20 heavy (non-hydrogen) atoms. The van der Waals surface area contributed by atoms with Crippen LogP contribution in [-0.4, -0.2) is 20.0 Å².